The molecule has 0 radical (unpaired) electrons. The van der Waals surface area contributed by atoms with Crippen LogP contribution in [-0.4, -0.2) is 25.2 Å². The van der Waals surface area contributed by atoms with Crippen molar-refractivity contribution in [1.82, 2.24) is 5.32 Å². The first-order valence-electron chi connectivity index (χ1n) is 3.38. The van der Waals surface area contributed by atoms with E-state index in [9.17, 15) is 0 Å². The number of fused-ring (bicyclic) bond motifs is 1. The second kappa shape index (κ2) is 1.77. The lowest BCUT2D eigenvalue weighted by molar-refractivity contribution is 0.497. The molecule has 0 spiro atoms. The number of hydrogen-bond acceptors (Lipinski definition) is 4. The van der Waals surface area contributed by atoms with Crippen LogP contribution in [0.5, 0.6) is 0 Å². The minimum atomic E-state index is -0.500. The number of azo groups is 1. The number of nitrogens with zero attached hydrogens (tertiary/aromatic N) is 3. The molecule has 0 unspecified atom stereocenters. The Labute approximate surface area is 58.9 Å². The van der Waals surface area contributed by atoms with Gasteiger partial charge >= 0.3 is 0 Å². The van der Waals surface area contributed by atoms with E-state index in [1.807, 2.05) is 0 Å². The molecule has 0 amide bonds. The maximum absolute atomic E-state index is 8.78. The third-order valence-electron chi connectivity index (χ3n) is 2.21. The van der Waals surface area contributed by atoms with Gasteiger partial charge < -0.3 is 5.32 Å². The minimum absolute atomic E-state index is 0.331. The molecule has 10 heavy (non-hydrogen) atoms. The molecule has 2 aliphatic rings. The van der Waals surface area contributed by atoms with Crippen molar-refractivity contribution in [3.05, 3.63) is 0 Å². The van der Waals surface area contributed by atoms with E-state index in [4.69, 9.17) is 5.26 Å². The fourth-order valence-corrected chi connectivity index (χ4v) is 1.50. The fourth-order valence-electron chi connectivity index (χ4n) is 1.50. The van der Waals surface area contributed by atoms with Crippen LogP contribution in [0.3, 0.4) is 0 Å². The van der Waals surface area contributed by atoms with Crippen molar-refractivity contribution in [1.29, 1.82) is 5.26 Å². The zero-order valence-electron chi connectivity index (χ0n) is 5.54. The lowest BCUT2D eigenvalue weighted by atomic mass is 9.91. The lowest BCUT2D eigenvalue weighted by Gasteiger charge is -2.11. The van der Waals surface area contributed by atoms with Gasteiger partial charge in [0, 0.05) is 19.0 Å². The van der Waals surface area contributed by atoms with Crippen LogP contribution in [0, 0.1) is 17.2 Å². The quantitative estimate of drug-likeness (QED) is 0.507. The third kappa shape index (κ3) is 0.531. The molecule has 1 N–H and O–H groups in total. The highest BCUT2D eigenvalue weighted by Gasteiger charge is 2.46. The zero-order chi connectivity index (χ0) is 7.03. The first-order chi connectivity index (χ1) is 4.87. The van der Waals surface area contributed by atoms with Crippen molar-refractivity contribution in [2.75, 3.05) is 19.6 Å². The van der Waals surface area contributed by atoms with Crippen LogP contribution >= 0.6 is 0 Å². The molecule has 0 aliphatic carbocycles. The summed E-state index contributed by atoms with van der Waals surface area (Å²) >= 11 is 0. The summed E-state index contributed by atoms with van der Waals surface area (Å²) in [6.45, 7) is 2.29. The Balaban J connectivity index is 2.33. The molecule has 0 aromatic rings. The molecule has 1 fully saturated rings. The summed E-state index contributed by atoms with van der Waals surface area (Å²) in [7, 11) is 0. The topological polar surface area (TPSA) is 60.5 Å². The van der Waals surface area contributed by atoms with Gasteiger partial charge in [-0.05, 0) is 0 Å². The van der Waals surface area contributed by atoms with Gasteiger partial charge in [0.15, 0.2) is 5.54 Å². The Hall–Kier alpha value is -0.950. The Morgan fingerprint density at radius 2 is 2.60 bits per heavy atom. The molecular weight excluding hydrogens is 128 g/mol. The van der Waals surface area contributed by atoms with Gasteiger partial charge in [0.25, 0.3) is 0 Å². The maximum Gasteiger partial charge on any atom is 0.185 e. The molecule has 0 bridgehead atoms. The normalized spacial score (nSPS) is 43.3. The van der Waals surface area contributed by atoms with Gasteiger partial charge in [-0.2, -0.15) is 15.5 Å². The largest absolute Gasteiger partial charge is 0.313 e. The van der Waals surface area contributed by atoms with Crippen LogP contribution in [0.2, 0.25) is 0 Å². The van der Waals surface area contributed by atoms with E-state index in [1.165, 1.54) is 0 Å². The van der Waals surface area contributed by atoms with Gasteiger partial charge in [-0.1, -0.05) is 0 Å². The Morgan fingerprint density at radius 3 is 3.30 bits per heavy atom. The second-order valence-corrected chi connectivity index (χ2v) is 2.79. The standard InChI is InChI=1S/C6H8N4/c7-3-6-4-8-1-5(6)2-9-10-6/h5,8H,1-2,4H2/t5-,6+/m1/s1. The van der Waals surface area contributed by atoms with E-state index in [0.717, 1.165) is 13.1 Å². The summed E-state index contributed by atoms with van der Waals surface area (Å²) in [5.41, 5.74) is -0.500. The maximum atomic E-state index is 8.78. The number of hydrogen-bond donors (Lipinski definition) is 1. The number of nitrogens with one attached hydrogen (secondary N) is 1. The average molecular weight is 136 g/mol. The van der Waals surface area contributed by atoms with E-state index in [0.29, 0.717) is 12.5 Å². The molecule has 2 rings (SSSR count). The highest BCUT2D eigenvalue weighted by molar-refractivity contribution is 5.18. The van der Waals surface area contributed by atoms with Gasteiger partial charge in [-0.25, -0.2) is 0 Å². The van der Waals surface area contributed by atoms with Gasteiger partial charge in [0.2, 0.25) is 0 Å². The van der Waals surface area contributed by atoms with E-state index < -0.39 is 5.54 Å². The highest BCUT2D eigenvalue weighted by atomic mass is 15.2. The summed E-state index contributed by atoms with van der Waals surface area (Å²) in [4.78, 5) is 0. The first kappa shape index (κ1) is 5.81. The second-order valence-electron chi connectivity index (χ2n) is 2.79. The molecule has 0 aromatic carbocycles. The predicted molar refractivity (Wildman–Crippen MR) is 34.4 cm³/mol. The molecule has 2 aliphatic heterocycles. The van der Waals surface area contributed by atoms with Crippen LogP contribution in [-0.2, 0) is 0 Å². The molecule has 4 heteroatoms. The van der Waals surface area contributed by atoms with Gasteiger partial charge in [-0.15, -0.1) is 0 Å². The van der Waals surface area contributed by atoms with Crippen molar-refractivity contribution < 1.29 is 0 Å². The van der Waals surface area contributed by atoms with Gasteiger partial charge in [-0.3, -0.25) is 0 Å². The Kier molecular flexibility index (Phi) is 1.03. The molecule has 2 heterocycles. The predicted octanol–water partition coefficient (Wildman–Crippen LogP) is -0.0660. The van der Waals surface area contributed by atoms with Crippen LogP contribution in [0.4, 0.5) is 0 Å². The van der Waals surface area contributed by atoms with Crippen LogP contribution < -0.4 is 5.32 Å². The summed E-state index contributed by atoms with van der Waals surface area (Å²) in [6.07, 6.45) is 0. The average Bonchev–Trinajstić information content (AvgIpc) is 2.42. The molecule has 4 nitrogen and oxygen atoms in total. The first-order valence-corrected chi connectivity index (χ1v) is 3.38. The Morgan fingerprint density at radius 1 is 1.70 bits per heavy atom. The van der Waals surface area contributed by atoms with E-state index >= 15 is 0 Å². The van der Waals surface area contributed by atoms with E-state index in [2.05, 4.69) is 21.6 Å². The molecule has 52 valence electrons. The van der Waals surface area contributed by atoms with E-state index in [1.54, 1.807) is 0 Å². The van der Waals surface area contributed by atoms with Crippen molar-refractivity contribution in [3.8, 4) is 6.07 Å². The van der Waals surface area contributed by atoms with Crippen molar-refractivity contribution >= 4 is 0 Å². The fraction of sp³-hybridized carbons (Fsp3) is 0.833. The molecule has 0 aromatic heterocycles. The molecular formula is C6H8N4. The van der Waals surface area contributed by atoms with Crippen LogP contribution in [0.1, 0.15) is 0 Å². The summed E-state index contributed by atoms with van der Waals surface area (Å²) < 4.78 is 0. The zero-order valence-corrected chi connectivity index (χ0v) is 5.54. The van der Waals surface area contributed by atoms with Gasteiger partial charge in [0.1, 0.15) is 0 Å². The summed E-state index contributed by atoms with van der Waals surface area (Å²) in [5, 5.41) is 19.7. The van der Waals surface area contributed by atoms with Crippen LogP contribution in [0.25, 0.3) is 0 Å². The third-order valence-corrected chi connectivity index (χ3v) is 2.21. The smallest absolute Gasteiger partial charge is 0.185 e. The minimum Gasteiger partial charge on any atom is -0.313 e. The SMILES string of the molecule is N#C[C@]12CNC[C@@H]1CN=N2. The highest BCUT2D eigenvalue weighted by Crippen LogP contribution is 2.31. The van der Waals surface area contributed by atoms with Crippen molar-refractivity contribution in [2.24, 2.45) is 16.1 Å². The van der Waals surface area contributed by atoms with Crippen molar-refractivity contribution in [3.63, 3.8) is 0 Å². The van der Waals surface area contributed by atoms with Crippen LogP contribution in [0.15, 0.2) is 10.2 Å². The lowest BCUT2D eigenvalue weighted by Crippen LogP contribution is -2.31. The summed E-state index contributed by atoms with van der Waals surface area (Å²) in [6, 6.07) is 2.22. The summed E-state index contributed by atoms with van der Waals surface area (Å²) in [5.74, 6) is 0.331. The molecule has 1 saturated heterocycles. The number of rotatable bonds is 0. The van der Waals surface area contributed by atoms with Crippen molar-refractivity contribution in [2.45, 2.75) is 5.54 Å². The van der Waals surface area contributed by atoms with E-state index in [-0.39, 0.29) is 0 Å². The molecule has 2 atom stereocenters. The number of nitriles is 1. The monoisotopic (exact) mass is 136 g/mol. The van der Waals surface area contributed by atoms with Gasteiger partial charge in [0.05, 0.1) is 12.6 Å². The Bertz CT molecular complexity index is 216. The molecule has 0 saturated carbocycles.